The van der Waals surface area contributed by atoms with E-state index in [2.05, 4.69) is 46.5 Å². The number of rotatable bonds is 5. The van der Waals surface area contributed by atoms with Crippen LogP contribution in [-0.4, -0.2) is 21.3 Å². The summed E-state index contributed by atoms with van der Waals surface area (Å²) in [6.45, 7) is 6.84. The maximum Gasteiger partial charge on any atom is 0.226 e. The Kier molecular flexibility index (Phi) is 3.96. The molecule has 0 amide bonds. The largest absolute Gasteiger partial charge is 0.336 e. The van der Waals surface area contributed by atoms with Crippen molar-refractivity contribution in [3.05, 3.63) is 27.2 Å². The Morgan fingerprint density at radius 3 is 2.94 bits per heavy atom. The van der Waals surface area contributed by atoms with Crippen LogP contribution in [0.4, 0.5) is 5.95 Å². The Labute approximate surface area is 110 Å². The van der Waals surface area contributed by atoms with Crippen LogP contribution >= 0.6 is 23.6 Å². The van der Waals surface area contributed by atoms with Gasteiger partial charge in [0.05, 0.1) is 6.54 Å². The molecule has 2 aromatic rings. The van der Waals surface area contributed by atoms with Crippen molar-refractivity contribution >= 4 is 29.5 Å². The quantitative estimate of drug-likeness (QED) is 0.847. The lowest BCUT2D eigenvalue weighted by molar-refractivity contribution is 0.697. The van der Waals surface area contributed by atoms with E-state index in [-0.39, 0.29) is 0 Å². The molecule has 2 rings (SSSR count). The third-order valence-electron chi connectivity index (χ3n) is 2.65. The minimum Gasteiger partial charge on any atom is -0.336 e. The average molecular weight is 268 g/mol. The molecule has 6 heteroatoms. The van der Waals surface area contributed by atoms with Crippen LogP contribution in [-0.2, 0) is 13.1 Å². The van der Waals surface area contributed by atoms with Crippen LogP contribution in [0, 0.1) is 4.77 Å². The van der Waals surface area contributed by atoms with Crippen molar-refractivity contribution in [2.75, 3.05) is 11.4 Å². The molecule has 0 unspecified atom stereocenters. The highest BCUT2D eigenvalue weighted by Crippen LogP contribution is 2.17. The average Bonchev–Trinajstić information content (AvgIpc) is 2.95. The van der Waals surface area contributed by atoms with Gasteiger partial charge in [-0.05, 0) is 37.5 Å². The summed E-state index contributed by atoms with van der Waals surface area (Å²) in [6, 6.07) is 4.22. The smallest absolute Gasteiger partial charge is 0.226 e. The zero-order valence-electron chi connectivity index (χ0n) is 10.0. The van der Waals surface area contributed by atoms with E-state index in [1.54, 1.807) is 11.3 Å². The van der Waals surface area contributed by atoms with Crippen LogP contribution in [0.1, 0.15) is 18.7 Å². The first kappa shape index (κ1) is 12.3. The van der Waals surface area contributed by atoms with Gasteiger partial charge in [-0.1, -0.05) is 6.07 Å². The summed E-state index contributed by atoms with van der Waals surface area (Å²) in [6.07, 6.45) is 0. The lowest BCUT2D eigenvalue weighted by atomic mass is 10.4. The fourth-order valence-corrected chi connectivity index (χ4v) is 2.73. The van der Waals surface area contributed by atoms with Gasteiger partial charge in [-0.3, -0.25) is 4.57 Å². The third-order valence-corrected chi connectivity index (χ3v) is 3.82. The van der Waals surface area contributed by atoms with Crippen LogP contribution in [0.5, 0.6) is 0 Å². The second kappa shape index (κ2) is 5.46. The molecule has 4 nitrogen and oxygen atoms in total. The second-order valence-electron chi connectivity index (χ2n) is 3.67. The van der Waals surface area contributed by atoms with E-state index in [0.717, 1.165) is 25.6 Å². The number of H-pyrrole nitrogens is 1. The first-order chi connectivity index (χ1) is 8.26. The molecule has 17 heavy (non-hydrogen) atoms. The molecule has 0 aliphatic heterocycles. The normalized spacial score (nSPS) is 10.7. The number of aromatic nitrogens is 3. The van der Waals surface area contributed by atoms with Gasteiger partial charge in [-0.15, -0.1) is 16.4 Å². The molecule has 1 N–H and O–H groups in total. The van der Waals surface area contributed by atoms with E-state index in [4.69, 9.17) is 12.2 Å². The van der Waals surface area contributed by atoms with Crippen LogP contribution in [0.25, 0.3) is 0 Å². The number of nitrogens with zero attached hydrogens (tertiary/aromatic N) is 3. The fraction of sp³-hybridized carbons (Fsp3) is 0.455. The second-order valence-corrected chi connectivity index (χ2v) is 5.09. The number of aromatic amines is 1. The molecular weight excluding hydrogens is 252 g/mol. The van der Waals surface area contributed by atoms with Crippen molar-refractivity contribution in [1.29, 1.82) is 0 Å². The zero-order chi connectivity index (χ0) is 12.3. The predicted octanol–water partition coefficient (Wildman–Crippen LogP) is 3.05. The van der Waals surface area contributed by atoms with Crippen molar-refractivity contribution in [2.24, 2.45) is 0 Å². The van der Waals surface area contributed by atoms with Crippen molar-refractivity contribution in [1.82, 2.24) is 14.8 Å². The monoisotopic (exact) mass is 268 g/mol. The summed E-state index contributed by atoms with van der Waals surface area (Å²) in [5.74, 6) is 0.924. The van der Waals surface area contributed by atoms with Crippen LogP contribution in [0.15, 0.2) is 17.5 Å². The van der Waals surface area contributed by atoms with Gasteiger partial charge >= 0.3 is 0 Å². The van der Waals surface area contributed by atoms with E-state index < -0.39 is 0 Å². The number of thiophene rings is 1. The molecule has 0 aromatic carbocycles. The zero-order valence-corrected chi connectivity index (χ0v) is 11.6. The van der Waals surface area contributed by atoms with Crippen LogP contribution in [0.3, 0.4) is 0 Å². The highest BCUT2D eigenvalue weighted by atomic mass is 32.1. The summed E-state index contributed by atoms with van der Waals surface area (Å²) in [5.41, 5.74) is 0. The lowest BCUT2D eigenvalue weighted by Crippen LogP contribution is -2.25. The number of hydrogen-bond acceptors (Lipinski definition) is 4. The molecule has 0 aliphatic carbocycles. The van der Waals surface area contributed by atoms with Crippen molar-refractivity contribution < 1.29 is 0 Å². The van der Waals surface area contributed by atoms with Gasteiger partial charge in [0.25, 0.3) is 0 Å². The number of anilines is 1. The topological polar surface area (TPSA) is 36.9 Å². The van der Waals surface area contributed by atoms with E-state index in [1.165, 1.54) is 4.88 Å². The van der Waals surface area contributed by atoms with E-state index in [1.807, 2.05) is 4.57 Å². The van der Waals surface area contributed by atoms with Gasteiger partial charge < -0.3 is 4.90 Å². The molecule has 0 aliphatic rings. The van der Waals surface area contributed by atoms with Gasteiger partial charge in [-0.25, -0.2) is 5.10 Å². The maximum absolute atomic E-state index is 5.21. The van der Waals surface area contributed by atoms with Crippen molar-refractivity contribution in [3.63, 3.8) is 0 Å². The fourth-order valence-electron chi connectivity index (χ4n) is 1.75. The molecule has 0 radical (unpaired) electrons. The molecule has 2 aromatic heterocycles. The Hall–Kier alpha value is -1.14. The lowest BCUT2D eigenvalue weighted by Gasteiger charge is -2.21. The summed E-state index contributed by atoms with van der Waals surface area (Å²) in [5, 5.41) is 9.27. The molecule has 2 heterocycles. The van der Waals surface area contributed by atoms with Gasteiger partial charge in [-0.2, -0.15) is 0 Å². The third kappa shape index (κ3) is 2.58. The first-order valence-corrected chi connectivity index (χ1v) is 6.97. The highest BCUT2D eigenvalue weighted by molar-refractivity contribution is 7.71. The molecule has 0 saturated heterocycles. The Morgan fingerprint density at radius 1 is 1.53 bits per heavy atom. The summed E-state index contributed by atoms with van der Waals surface area (Å²) >= 11 is 6.97. The summed E-state index contributed by atoms with van der Waals surface area (Å²) in [7, 11) is 0. The van der Waals surface area contributed by atoms with E-state index in [0.29, 0.717) is 4.77 Å². The van der Waals surface area contributed by atoms with Gasteiger partial charge in [0.2, 0.25) is 5.95 Å². The van der Waals surface area contributed by atoms with Crippen LogP contribution in [0.2, 0.25) is 0 Å². The van der Waals surface area contributed by atoms with Crippen molar-refractivity contribution in [2.45, 2.75) is 26.9 Å². The van der Waals surface area contributed by atoms with E-state index in [9.17, 15) is 0 Å². The molecule has 0 saturated carbocycles. The molecule has 0 bridgehead atoms. The number of hydrogen-bond donors (Lipinski definition) is 1. The Balaban J connectivity index is 2.26. The SMILES string of the molecule is CCN(Cc1cccs1)c1n[nH]c(=S)n1CC. The predicted molar refractivity (Wildman–Crippen MR) is 74.1 cm³/mol. The van der Waals surface area contributed by atoms with Gasteiger partial charge in [0.1, 0.15) is 0 Å². The molecule has 92 valence electrons. The summed E-state index contributed by atoms with van der Waals surface area (Å²) < 4.78 is 2.71. The summed E-state index contributed by atoms with van der Waals surface area (Å²) in [4.78, 5) is 3.56. The van der Waals surface area contributed by atoms with Crippen molar-refractivity contribution in [3.8, 4) is 0 Å². The standard InChI is InChI=1S/C11H16N4S2/c1-3-14(8-9-6-5-7-17-9)10-12-13-11(16)15(10)4-2/h5-7H,3-4,8H2,1-2H3,(H,13,16). The van der Waals surface area contributed by atoms with Gasteiger partial charge in [0, 0.05) is 18.0 Å². The van der Waals surface area contributed by atoms with E-state index >= 15 is 0 Å². The Bertz CT molecular complexity index is 512. The highest BCUT2D eigenvalue weighted by Gasteiger charge is 2.12. The first-order valence-electron chi connectivity index (χ1n) is 5.68. The van der Waals surface area contributed by atoms with Crippen LogP contribution < -0.4 is 4.90 Å². The molecule has 0 spiro atoms. The maximum atomic E-state index is 5.21. The molecular formula is C11H16N4S2. The number of nitrogens with one attached hydrogen (secondary N) is 1. The minimum absolute atomic E-state index is 0.687. The minimum atomic E-state index is 0.687. The molecule has 0 atom stereocenters. The Morgan fingerprint density at radius 2 is 2.35 bits per heavy atom. The molecule has 0 fully saturated rings. The van der Waals surface area contributed by atoms with Gasteiger partial charge in [0.15, 0.2) is 4.77 Å².